The highest BCUT2D eigenvalue weighted by atomic mass is 32.2. The van der Waals surface area contributed by atoms with Gasteiger partial charge in [-0.3, -0.25) is 0 Å². The molecule has 1 aromatic heterocycles. The lowest BCUT2D eigenvalue weighted by atomic mass is 10.0. The monoisotopic (exact) mass is 282 g/mol. The van der Waals surface area contributed by atoms with Crippen LogP contribution in [-0.4, -0.2) is 15.2 Å². The molecule has 1 fully saturated rings. The number of aromatic amines is 1. The van der Waals surface area contributed by atoms with Gasteiger partial charge in [-0.05, 0) is 26.2 Å². The van der Waals surface area contributed by atoms with Crippen LogP contribution >= 0.6 is 24.0 Å². The summed E-state index contributed by atoms with van der Waals surface area (Å²) in [6, 6.07) is 0. The number of nitrogens with zero attached hydrogens (tertiary/aromatic N) is 1. The molecule has 1 aliphatic rings. The fourth-order valence-corrected chi connectivity index (χ4v) is 4.19. The highest BCUT2D eigenvalue weighted by Gasteiger charge is 2.14. The Balaban J connectivity index is 1.99. The van der Waals surface area contributed by atoms with E-state index in [4.69, 9.17) is 12.2 Å². The van der Waals surface area contributed by atoms with Crippen molar-refractivity contribution in [3.63, 3.8) is 0 Å². The van der Waals surface area contributed by atoms with E-state index in [1.54, 1.807) is 0 Å². The van der Waals surface area contributed by atoms with Gasteiger partial charge in [0.1, 0.15) is 10.5 Å². The van der Waals surface area contributed by atoms with Crippen molar-refractivity contribution >= 4 is 24.0 Å². The first-order valence-electron chi connectivity index (χ1n) is 6.91. The fraction of sp³-hybridized carbons (Fsp3) is 0.714. The summed E-state index contributed by atoms with van der Waals surface area (Å²) >= 11 is 7.40. The number of aryl methyl sites for hydroxylation is 1. The van der Waals surface area contributed by atoms with Crippen LogP contribution in [0.15, 0.2) is 0 Å². The van der Waals surface area contributed by atoms with Gasteiger partial charge in [0.05, 0.1) is 5.75 Å². The zero-order valence-corrected chi connectivity index (χ0v) is 12.9. The van der Waals surface area contributed by atoms with Crippen molar-refractivity contribution in [3.8, 4) is 0 Å². The van der Waals surface area contributed by atoms with Crippen LogP contribution in [0.5, 0.6) is 0 Å². The van der Waals surface area contributed by atoms with E-state index in [1.807, 2.05) is 11.8 Å². The summed E-state index contributed by atoms with van der Waals surface area (Å²) in [4.78, 5) is 7.94. The Kier molecular flexibility index (Phi) is 5.25. The zero-order valence-electron chi connectivity index (χ0n) is 11.3. The maximum Gasteiger partial charge on any atom is 0.133 e. The number of thioether (sulfide) groups is 1. The van der Waals surface area contributed by atoms with E-state index in [0.29, 0.717) is 0 Å². The number of hydrogen-bond donors (Lipinski definition) is 1. The largest absolute Gasteiger partial charge is 0.346 e. The summed E-state index contributed by atoms with van der Waals surface area (Å²) in [5.41, 5.74) is 2.38. The minimum atomic E-state index is 0.785. The maximum absolute atomic E-state index is 5.36. The molecule has 0 atom stereocenters. The highest BCUT2D eigenvalue weighted by Crippen LogP contribution is 2.29. The van der Waals surface area contributed by atoms with E-state index in [9.17, 15) is 0 Å². The van der Waals surface area contributed by atoms with Gasteiger partial charge < -0.3 is 4.98 Å². The number of rotatable bonds is 4. The molecule has 1 saturated carbocycles. The zero-order chi connectivity index (χ0) is 13.0. The lowest BCUT2D eigenvalue weighted by molar-refractivity contribution is 0.516. The normalized spacial score (nSPS) is 17.0. The van der Waals surface area contributed by atoms with E-state index in [0.717, 1.165) is 27.9 Å². The molecule has 0 aromatic carbocycles. The van der Waals surface area contributed by atoms with Crippen LogP contribution in [-0.2, 0) is 12.2 Å². The summed E-state index contributed by atoms with van der Waals surface area (Å²) in [7, 11) is 0. The quantitative estimate of drug-likeness (QED) is 0.820. The van der Waals surface area contributed by atoms with Crippen molar-refractivity contribution in [3.05, 3.63) is 21.7 Å². The number of hydrogen-bond acceptors (Lipinski definition) is 3. The SMILES string of the molecule is CCc1c(C)[nH]c(CSC2CCCCC2)nc1=S. The summed E-state index contributed by atoms with van der Waals surface area (Å²) in [5.74, 6) is 2.02. The number of H-pyrrole nitrogens is 1. The van der Waals surface area contributed by atoms with Gasteiger partial charge in [-0.2, -0.15) is 11.8 Å². The van der Waals surface area contributed by atoms with Crippen LogP contribution in [0.1, 0.15) is 56.1 Å². The van der Waals surface area contributed by atoms with Gasteiger partial charge in [-0.1, -0.05) is 38.4 Å². The van der Waals surface area contributed by atoms with E-state index in [1.165, 1.54) is 43.4 Å². The van der Waals surface area contributed by atoms with Crippen molar-refractivity contribution in [2.45, 2.75) is 63.4 Å². The van der Waals surface area contributed by atoms with Crippen LogP contribution in [0.4, 0.5) is 0 Å². The van der Waals surface area contributed by atoms with E-state index in [2.05, 4.69) is 23.8 Å². The third-order valence-corrected chi connectivity index (χ3v) is 5.36. The maximum atomic E-state index is 5.36. The lowest BCUT2D eigenvalue weighted by Gasteiger charge is -2.20. The molecule has 100 valence electrons. The average molecular weight is 282 g/mol. The van der Waals surface area contributed by atoms with Gasteiger partial charge >= 0.3 is 0 Å². The molecule has 0 bridgehead atoms. The molecule has 1 aromatic rings. The second-order valence-corrected chi connectivity index (χ2v) is 6.69. The molecule has 0 spiro atoms. The molecule has 1 heterocycles. The lowest BCUT2D eigenvalue weighted by Crippen LogP contribution is -2.09. The van der Waals surface area contributed by atoms with Gasteiger partial charge in [-0.15, -0.1) is 0 Å². The topological polar surface area (TPSA) is 28.7 Å². The molecule has 0 saturated heterocycles. The molecule has 0 amide bonds. The molecule has 0 radical (unpaired) electrons. The van der Waals surface area contributed by atoms with Gasteiger partial charge in [0.15, 0.2) is 0 Å². The molecular weight excluding hydrogens is 260 g/mol. The van der Waals surface area contributed by atoms with Crippen LogP contribution < -0.4 is 0 Å². The minimum Gasteiger partial charge on any atom is -0.346 e. The molecule has 0 unspecified atom stereocenters. The van der Waals surface area contributed by atoms with Gasteiger partial charge in [0.2, 0.25) is 0 Å². The molecular formula is C14H22N2S2. The first-order chi connectivity index (χ1) is 8.70. The predicted octanol–water partition coefficient (Wildman–Crippen LogP) is 4.58. The van der Waals surface area contributed by atoms with E-state index < -0.39 is 0 Å². The molecule has 1 N–H and O–H groups in total. The second kappa shape index (κ2) is 6.71. The molecule has 4 heteroatoms. The third-order valence-electron chi connectivity index (χ3n) is 3.64. The van der Waals surface area contributed by atoms with Gasteiger partial charge in [0, 0.05) is 16.5 Å². The standard InChI is InChI=1S/C14H22N2S2/c1-3-12-10(2)15-13(16-14(12)17)9-18-11-7-5-4-6-8-11/h11H,3-9H2,1-2H3,(H,15,16,17). The molecule has 2 nitrogen and oxygen atoms in total. The Morgan fingerprint density at radius 2 is 2.06 bits per heavy atom. The Labute approximate surface area is 119 Å². The van der Waals surface area contributed by atoms with Crippen LogP contribution in [0.25, 0.3) is 0 Å². The molecule has 18 heavy (non-hydrogen) atoms. The van der Waals surface area contributed by atoms with E-state index >= 15 is 0 Å². The predicted molar refractivity (Wildman–Crippen MR) is 81.7 cm³/mol. The second-order valence-electron chi connectivity index (χ2n) is 5.02. The summed E-state index contributed by atoms with van der Waals surface area (Å²) in [6.07, 6.45) is 7.92. The fourth-order valence-electron chi connectivity index (χ4n) is 2.58. The van der Waals surface area contributed by atoms with Crippen LogP contribution in [0.3, 0.4) is 0 Å². The number of aromatic nitrogens is 2. The first kappa shape index (κ1) is 14.1. The Bertz CT molecular complexity index is 448. The summed E-state index contributed by atoms with van der Waals surface area (Å²) in [5, 5.41) is 0.827. The molecule has 1 aliphatic carbocycles. The smallest absolute Gasteiger partial charge is 0.133 e. The highest BCUT2D eigenvalue weighted by molar-refractivity contribution is 7.99. The molecule has 2 rings (SSSR count). The Morgan fingerprint density at radius 1 is 1.33 bits per heavy atom. The minimum absolute atomic E-state index is 0.785. The van der Waals surface area contributed by atoms with E-state index in [-0.39, 0.29) is 0 Å². The van der Waals surface area contributed by atoms with Crippen LogP contribution in [0.2, 0.25) is 0 Å². The number of nitrogens with one attached hydrogen (secondary N) is 1. The first-order valence-corrected chi connectivity index (χ1v) is 8.36. The average Bonchev–Trinajstić information content (AvgIpc) is 2.37. The van der Waals surface area contributed by atoms with Gasteiger partial charge in [-0.25, -0.2) is 4.98 Å². The van der Waals surface area contributed by atoms with Crippen molar-refractivity contribution in [2.75, 3.05) is 0 Å². The van der Waals surface area contributed by atoms with Crippen molar-refractivity contribution in [1.82, 2.24) is 9.97 Å². The van der Waals surface area contributed by atoms with Gasteiger partial charge in [0.25, 0.3) is 0 Å². The Morgan fingerprint density at radius 3 is 2.67 bits per heavy atom. The van der Waals surface area contributed by atoms with Crippen molar-refractivity contribution in [1.29, 1.82) is 0 Å². The van der Waals surface area contributed by atoms with Crippen LogP contribution in [0, 0.1) is 11.6 Å². The Hall–Kier alpha value is -0.350. The summed E-state index contributed by atoms with van der Waals surface area (Å²) in [6.45, 7) is 4.23. The summed E-state index contributed by atoms with van der Waals surface area (Å²) < 4.78 is 0.785. The van der Waals surface area contributed by atoms with Crippen molar-refractivity contribution < 1.29 is 0 Å². The third kappa shape index (κ3) is 3.58. The molecule has 0 aliphatic heterocycles. The van der Waals surface area contributed by atoms with Crippen molar-refractivity contribution in [2.24, 2.45) is 0 Å².